The Hall–Kier alpha value is -2.48. The Bertz CT molecular complexity index is 1300. The minimum absolute atomic E-state index is 0.0585. The second-order valence-corrected chi connectivity index (χ2v) is 10.8. The normalized spacial score (nSPS) is 13.1. The highest BCUT2D eigenvalue weighted by Gasteiger charge is 2.22. The maximum absolute atomic E-state index is 12.7. The van der Waals surface area contributed by atoms with Crippen LogP contribution >= 0.6 is 34.9 Å². The third-order valence-electron chi connectivity index (χ3n) is 5.62. The summed E-state index contributed by atoms with van der Waals surface area (Å²) >= 11 is 4.59. The van der Waals surface area contributed by atoms with Crippen LogP contribution in [0.5, 0.6) is 0 Å². The molecule has 2 heterocycles. The number of carbonyl (C=O) groups excluding carboxylic acids is 2. The molecule has 33 heavy (non-hydrogen) atoms. The number of rotatable bonds is 8. The van der Waals surface area contributed by atoms with E-state index in [2.05, 4.69) is 0 Å². The first-order chi connectivity index (χ1) is 16.2. The fourth-order valence-corrected chi connectivity index (χ4v) is 7.08. The summed E-state index contributed by atoms with van der Waals surface area (Å²) in [5.74, 6) is 0.759. The monoisotopic (exact) mass is 490 g/mol. The molecule has 2 aromatic carbocycles. The van der Waals surface area contributed by atoms with Crippen LogP contribution in [0.1, 0.15) is 44.0 Å². The predicted molar refractivity (Wildman–Crippen MR) is 137 cm³/mol. The zero-order chi connectivity index (χ0) is 22.6. The summed E-state index contributed by atoms with van der Waals surface area (Å²) in [5.41, 5.74) is 2.76. The fourth-order valence-electron chi connectivity index (χ4n) is 3.95. The SMILES string of the molecule is O=C(CSc1nc(SCC(=O)c2ccccc2)c2c3c(sc2n1)CCCC3)c1ccccc1. The van der Waals surface area contributed by atoms with Crippen molar-refractivity contribution in [2.24, 2.45) is 0 Å². The van der Waals surface area contributed by atoms with Crippen molar-refractivity contribution in [1.82, 2.24) is 9.97 Å². The molecule has 0 radical (unpaired) electrons. The molecule has 1 aliphatic carbocycles. The largest absolute Gasteiger partial charge is 0.293 e. The average molecular weight is 491 g/mol. The summed E-state index contributed by atoms with van der Waals surface area (Å²) in [4.78, 5) is 37.3. The van der Waals surface area contributed by atoms with Crippen molar-refractivity contribution in [1.29, 1.82) is 0 Å². The Labute approximate surface area is 205 Å². The summed E-state index contributed by atoms with van der Waals surface area (Å²) in [7, 11) is 0. The maximum Gasteiger partial charge on any atom is 0.190 e. The van der Waals surface area contributed by atoms with Crippen LogP contribution in [0.4, 0.5) is 0 Å². The molecule has 4 aromatic rings. The smallest absolute Gasteiger partial charge is 0.190 e. The van der Waals surface area contributed by atoms with E-state index in [0.717, 1.165) is 28.1 Å². The molecule has 1 aliphatic rings. The average Bonchev–Trinajstić information content (AvgIpc) is 3.25. The second kappa shape index (κ2) is 10.2. The van der Waals surface area contributed by atoms with Gasteiger partial charge in [0.15, 0.2) is 16.7 Å². The van der Waals surface area contributed by atoms with Gasteiger partial charge in [-0.05, 0) is 31.2 Å². The highest BCUT2D eigenvalue weighted by atomic mass is 32.2. The summed E-state index contributed by atoms with van der Waals surface area (Å²) in [6, 6.07) is 18.7. The topological polar surface area (TPSA) is 59.9 Å². The van der Waals surface area contributed by atoms with Gasteiger partial charge in [-0.2, -0.15) is 0 Å². The van der Waals surface area contributed by atoms with E-state index in [9.17, 15) is 9.59 Å². The minimum atomic E-state index is 0.0585. The molecule has 0 fully saturated rings. The lowest BCUT2D eigenvalue weighted by atomic mass is 9.97. The molecule has 5 rings (SSSR count). The number of fused-ring (bicyclic) bond motifs is 3. The number of hydrogen-bond acceptors (Lipinski definition) is 7. The van der Waals surface area contributed by atoms with Crippen molar-refractivity contribution in [3.8, 4) is 0 Å². The molecule has 0 aliphatic heterocycles. The molecular weight excluding hydrogens is 468 g/mol. The van der Waals surface area contributed by atoms with Gasteiger partial charge < -0.3 is 0 Å². The van der Waals surface area contributed by atoms with Crippen LogP contribution in [-0.4, -0.2) is 33.0 Å². The molecular formula is C26H22N2O2S3. The highest BCUT2D eigenvalue weighted by molar-refractivity contribution is 8.00. The molecule has 0 saturated heterocycles. The molecule has 2 aromatic heterocycles. The van der Waals surface area contributed by atoms with Crippen molar-refractivity contribution in [3.63, 3.8) is 0 Å². The molecule has 0 amide bonds. The quantitative estimate of drug-likeness (QED) is 0.121. The van der Waals surface area contributed by atoms with Gasteiger partial charge >= 0.3 is 0 Å². The first-order valence-corrected chi connectivity index (χ1v) is 13.7. The molecule has 0 unspecified atom stereocenters. The lowest BCUT2D eigenvalue weighted by Crippen LogP contribution is -2.05. The van der Waals surface area contributed by atoms with Crippen LogP contribution in [0.15, 0.2) is 70.8 Å². The van der Waals surface area contributed by atoms with E-state index in [1.807, 2.05) is 60.7 Å². The van der Waals surface area contributed by atoms with Gasteiger partial charge in [-0.3, -0.25) is 9.59 Å². The molecule has 0 bridgehead atoms. The molecule has 0 atom stereocenters. The molecule has 4 nitrogen and oxygen atoms in total. The summed E-state index contributed by atoms with van der Waals surface area (Å²) in [6.07, 6.45) is 4.50. The van der Waals surface area contributed by atoms with Crippen molar-refractivity contribution >= 4 is 56.6 Å². The summed E-state index contributed by atoms with van der Waals surface area (Å²) in [6.45, 7) is 0. The molecule has 0 spiro atoms. The van der Waals surface area contributed by atoms with E-state index < -0.39 is 0 Å². The Morgan fingerprint density at radius 3 is 2.06 bits per heavy atom. The van der Waals surface area contributed by atoms with Crippen LogP contribution < -0.4 is 0 Å². The van der Waals surface area contributed by atoms with Crippen LogP contribution in [0.3, 0.4) is 0 Å². The number of benzene rings is 2. The van der Waals surface area contributed by atoms with Gasteiger partial charge in [0.05, 0.1) is 11.5 Å². The van der Waals surface area contributed by atoms with Crippen molar-refractivity contribution in [2.45, 2.75) is 35.9 Å². The fraction of sp³-hybridized carbons (Fsp3) is 0.231. The van der Waals surface area contributed by atoms with E-state index in [1.54, 1.807) is 11.3 Å². The zero-order valence-corrected chi connectivity index (χ0v) is 20.4. The van der Waals surface area contributed by atoms with Crippen molar-refractivity contribution < 1.29 is 9.59 Å². The third kappa shape index (κ3) is 5.05. The first kappa shape index (κ1) is 22.3. The maximum atomic E-state index is 12.7. The second-order valence-electron chi connectivity index (χ2n) is 7.86. The number of carbonyl (C=O) groups is 2. The number of thiophene rings is 1. The van der Waals surface area contributed by atoms with Gasteiger partial charge in [-0.1, -0.05) is 84.2 Å². The number of aryl methyl sites for hydroxylation is 2. The lowest BCUT2D eigenvalue weighted by molar-refractivity contribution is 0.101. The van der Waals surface area contributed by atoms with Crippen LogP contribution in [0.2, 0.25) is 0 Å². The number of Topliss-reactive ketones (excluding diaryl/α,β-unsaturated/α-hetero) is 2. The summed E-state index contributed by atoms with van der Waals surface area (Å²) in [5, 5.41) is 2.57. The number of ketones is 2. The van der Waals surface area contributed by atoms with E-state index >= 15 is 0 Å². The Kier molecular flexibility index (Phi) is 6.90. The van der Waals surface area contributed by atoms with Gasteiger partial charge in [0.25, 0.3) is 0 Å². The number of aromatic nitrogens is 2. The Morgan fingerprint density at radius 1 is 0.788 bits per heavy atom. The molecule has 0 N–H and O–H groups in total. The van der Waals surface area contributed by atoms with Crippen LogP contribution in [0, 0.1) is 0 Å². The minimum Gasteiger partial charge on any atom is -0.293 e. The number of hydrogen-bond donors (Lipinski definition) is 0. The third-order valence-corrected chi connectivity index (χ3v) is 8.63. The van der Waals surface area contributed by atoms with E-state index in [-0.39, 0.29) is 17.3 Å². The lowest BCUT2D eigenvalue weighted by Gasteiger charge is -2.12. The van der Waals surface area contributed by atoms with Gasteiger partial charge in [-0.15, -0.1) is 11.3 Å². The summed E-state index contributed by atoms with van der Waals surface area (Å²) < 4.78 is 0. The standard InChI is InChI=1S/C26H22N2O2S3/c29-20(17-9-3-1-4-10-17)15-31-24-23-19-13-7-8-14-22(19)33-25(23)28-26(27-24)32-16-21(30)18-11-5-2-6-12-18/h1-6,9-12H,7-8,13-16H2. The Balaban J connectivity index is 1.42. The van der Waals surface area contributed by atoms with E-state index in [4.69, 9.17) is 9.97 Å². The zero-order valence-electron chi connectivity index (χ0n) is 18.0. The highest BCUT2D eigenvalue weighted by Crippen LogP contribution is 2.40. The van der Waals surface area contributed by atoms with E-state index in [0.29, 0.717) is 22.0 Å². The van der Waals surface area contributed by atoms with Gasteiger partial charge in [0, 0.05) is 21.4 Å². The Morgan fingerprint density at radius 2 is 1.39 bits per heavy atom. The molecule has 7 heteroatoms. The van der Waals surface area contributed by atoms with Crippen molar-refractivity contribution in [2.75, 3.05) is 11.5 Å². The predicted octanol–water partition coefficient (Wildman–Crippen LogP) is 6.52. The number of nitrogens with zero attached hydrogens (tertiary/aromatic N) is 2. The molecule has 0 saturated carbocycles. The van der Waals surface area contributed by atoms with E-state index in [1.165, 1.54) is 46.8 Å². The first-order valence-electron chi connectivity index (χ1n) is 10.9. The molecule has 166 valence electrons. The van der Waals surface area contributed by atoms with Gasteiger partial charge in [0.2, 0.25) is 0 Å². The van der Waals surface area contributed by atoms with Crippen molar-refractivity contribution in [3.05, 3.63) is 82.2 Å². The number of thioether (sulfide) groups is 2. The van der Waals surface area contributed by atoms with Gasteiger partial charge in [-0.25, -0.2) is 9.97 Å². The van der Waals surface area contributed by atoms with Crippen LogP contribution in [0.25, 0.3) is 10.2 Å². The van der Waals surface area contributed by atoms with Gasteiger partial charge in [0.1, 0.15) is 9.86 Å². The van der Waals surface area contributed by atoms with Crippen LogP contribution in [-0.2, 0) is 12.8 Å².